The highest BCUT2D eigenvalue weighted by atomic mass is 35.5. The van der Waals surface area contributed by atoms with E-state index in [4.69, 9.17) is 27.9 Å². The van der Waals surface area contributed by atoms with Gasteiger partial charge in [0.15, 0.2) is 0 Å². The maximum absolute atomic E-state index is 11.5. The molecule has 2 unspecified atom stereocenters. The molecule has 0 aromatic heterocycles. The minimum Gasteiger partial charge on any atom is -0.382 e. The summed E-state index contributed by atoms with van der Waals surface area (Å²) in [4.78, 5) is 0. The lowest BCUT2D eigenvalue weighted by molar-refractivity contribution is -0.124. The van der Waals surface area contributed by atoms with E-state index in [-0.39, 0.29) is 18.5 Å². The van der Waals surface area contributed by atoms with Crippen LogP contribution >= 0.6 is 35.6 Å². The first-order chi connectivity index (χ1) is 11.1. The smallest absolute Gasteiger partial charge is 0.121 e. The van der Waals surface area contributed by atoms with Crippen molar-refractivity contribution >= 4 is 35.6 Å². The summed E-state index contributed by atoms with van der Waals surface area (Å²) in [5.41, 5.74) is 0.324. The summed E-state index contributed by atoms with van der Waals surface area (Å²) >= 11 is 12.6. The number of halogens is 3. The Kier molecular flexibility index (Phi) is 6.93. The van der Waals surface area contributed by atoms with Gasteiger partial charge >= 0.3 is 0 Å². The summed E-state index contributed by atoms with van der Waals surface area (Å²) in [6, 6.07) is 14.9. The summed E-state index contributed by atoms with van der Waals surface area (Å²) in [6.45, 7) is 1.93. The summed E-state index contributed by atoms with van der Waals surface area (Å²) in [5.74, 6) is 0. The molecule has 130 valence electrons. The third kappa shape index (κ3) is 4.05. The van der Waals surface area contributed by atoms with Crippen molar-refractivity contribution in [3.05, 3.63) is 69.7 Å². The molecule has 6 heteroatoms. The van der Waals surface area contributed by atoms with E-state index in [9.17, 15) is 5.11 Å². The third-order valence-electron chi connectivity index (χ3n) is 4.24. The van der Waals surface area contributed by atoms with Gasteiger partial charge in [0, 0.05) is 29.6 Å². The summed E-state index contributed by atoms with van der Waals surface area (Å²) < 4.78 is 5.85. The fraction of sp³-hybridized carbons (Fsp3) is 0.333. The fourth-order valence-electron chi connectivity index (χ4n) is 2.97. The highest BCUT2D eigenvalue weighted by Gasteiger charge is 2.41. The lowest BCUT2D eigenvalue weighted by atomic mass is 9.82. The molecule has 3 rings (SSSR count). The van der Waals surface area contributed by atoms with Crippen molar-refractivity contribution in [3.63, 3.8) is 0 Å². The first kappa shape index (κ1) is 19.5. The molecule has 2 aromatic rings. The van der Waals surface area contributed by atoms with Gasteiger partial charge in [0.1, 0.15) is 11.7 Å². The van der Waals surface area contributed by atoms with E-state index in [1.54, 1.807) is 18.2 Å². The van der Waals surface area contributed by atoms with Crippen LogP contribution in [0.1, 0.15) is 11.1 Å². The molecule has 0 amide bonds. The molecular weight excluding hydrogens is 369 g/mol. The number of hydrogen-bond acceptors (Lipinski definition) is 3. The number of hydrogen-bond donors (Lipinski definition) is 2. The Bertz CT molecular complexity index is 642. The van der Waals surface area contributed by atoms with E-state index in [0.717, 1.165) is 17.7 Å². The molecular formula is C18H20Cl3NO2. The predicted octanol–water partition coefficient (Wildman–Crippen LogP) is 3.83. The van der Waals surface area contributed by atoms with Crippen LogP contribution in [0.15, 0.2) is 48.5 Å². The lowest BCUT2D eigenvalue weighted by Crippen LogP contribution is -2.52. The van der Waals surface area contributed by atoms with Crippen LogP contribution in [0.5, 0.6) is 0 Å². The van der Waals surface area contributed by atoms with E-state index < -0.39 is 5.60 Å². The third-order valence-corrected chi connectivity index (χ3v) is 4.95. The highest BCUT2D eigenvalue weighted by Crippen LogP contribution is 2.36. The van der Waals surface area contributed by atoms with Crippen molar-refractivity contribution in [2.24, 2.45) is 0 Å². The van der Waals surface area contributed by atoms with Crippen LogP contribution in [0, 0.1) is 0 Å². The van der Waals surface area contributed by atoms with E-state index in [2.05, 4.69) is 5.32 Å². The molecule has 2 aromatic carbocycles. The van der Waals surface area contributed by atoms with Crippen LogP contribution in [-0.4, -0.2) is 30.9 Å². The predicted molar refractivity (Wildman–Crippen MR) is 100 cm³/mol. The van der Waals surface area contributed by atoms with Crippen LogP contribution in [0.4, 0.5) is 0 Å². The second-order valence-corrected chi connectivity index (χ2v) is 6.55. The average molecular weight is 389 g/mol. The Balaban J connectivity index is 0.00000208. The number of benzene rings is 2. The molecule has 2 N–H and O–H groups in total. The summed E-state index contributed by atoms with van der Waals surface area (Å²) in [5, 5.41) is 15.9. The van der Waals surface area contributed by atoms with Crippen molar-refractivity contribution in [3.8, 4) is 0 Å². The van der Waals surface area contributed by atoms with Crippen LogP contribution in [0.2, 0.25) is 10.0 Å². The molecule has 3 nitrogen and oxygen atoms in total. The Morgan fingerprint density at radius 1 is 1.08 bits per heavy atom. The van der Waals surface area contributed by atoms with E-state index in [1.165, 1.54) is 0 Å². The topological polar surface area (TPSA) is 41.5 Å². The molecule has 1 heterocycles. The molecule has 1 saturated heterocycles. The van der Waals surface area contributed by atoms with Gasteiger partial charge < -0.3 is 15.2 Å². The van der Waals surface area contributed by atoms with E-state index in [1.807, 2.05) is 30.3 Å². The van der Waals surface area contributed by atoms with E-state index in [0.29, 0.717) is 29.6 Å². The van der Waals surface area contributed by atoms with Crippen LogP contribution < -0.4 is 5.32 Å². The molecule has 1 aliphatic heterocycles. The first-order valence-corrected chi connectivity index (χ1v) is 8.40. The lowest BCUT2D eigenvalue weighted by Gasteiger charge is -2.39. The quantitative estimate of drug-likeness (QED) is 0.836. The number of rotatable bonds is 4. The second-order valence-electron chi connectivity index (χ2n) is 5.73. The molecule has 2 atom stereocenters. The Morgan fingerprint density at radius 3 is 2.33 bits per heavy atom. The van der Waals surface area contributed by atoms with Gasteiger partial charge in [0.05, 0.1) is 6.61 Å². The molecule has 24 heavy (non-hydrogen) atoms. The normalized spacial score (nSPS) is 20.0. The monoisotopic (exact) mass is 387 g/mol. The maximum Gasteiger partial charge on any atom is 0.121 e. The zero-order chi connectivity index (χ0) is 16.3. The van der Waals surface area contributed by atoms with Crippen molar-refractivity contribution in [2.75, 3.05) is 19.7 Å². The van der Waals surface area contributed by atoms with Crippen LogP contribution in [0.25, 0.3) is 0 Å². The van der Waals surface area contributed by atoms with Crippen LogP contribution in [0.3, 0.4) is 0 Å². The minimum atomic E-state index is -1.21. The Labute approximate surface area is 158 Å². The van der Waals surface area contributed by atoms with Gasteiger partial charge in [0.2, 0.25) is 0 Å². The zero-order valence-corrected chi connectivity index (χ0v) is 15.4. The largest absolute Gasteiger partial charge is 0.382 e. The van der Waals surface area contributed by atoms with Crippen molar-refractivity contribution in [1.82, 2.24) is 5.32 Å². The van der Waals surface area contributed by atoms with Gasteiger partial charge in [-0.25, -0.2) is 0 Å². The number of nitrogens with one attached hydrogen (secondary N) is 1. The minimum absolute atomic E-state index is 0. The molecule has 0 saturated carbocycles. The zero-order valence-electron chi connectivity index (χ0n) is 13.0. The number of ether oxygens (including phenoxy) is 1. The van der Waals surface area contributed by atoms with Gasteiger partial charge in [-0.05, 0) is 23.3 Å². The SMILES string of the molecule is Cl.OC(Cc1c(Cl)cccc1Cl)(c1ccccc1)C1CNCCO1. The highest BCUT2D eigenvalue weighted by molar-refractivity contribution is 6.36. The van der Waals surface area contributed by atoms with Gasteiger partial charge in [-0.15, -0.1) is 12.4 Å². The van der Waals surface area contributed by atoms with Crippen LogP contribution in [-0.2, 0) is 16.8 Å². The fourth-order valence-corrected chi connectivity index (χ4v) is 3.50. The number of aliphatic hydroxyl groups is 1. The second kappa shape index (κ2) is 8.52. The Morgan fingerprint density at radius 2 is 1.75 bits per heavy atom. The average Bonchev–Trinajstić information content (AvgIpc) is 2.60. The molecule has 1 aliphatic rings. The molecule has 0 radical (unpaired) electrons. The van der Waals surface area contributed by atoms with Crippen molar-refractivity contribution in [2.45, 2.75) is 18.1 Å². The molecule has 0 spiro atoms. The maximum atomic E-state index is 11.5. The summed E-state index contributed by atoms with van der Waals surface area (Å²) in [6.07, 6.45) is -0.0759. The van der Waals surface area contributed by atoms with Gasteiger partial charge in [-0.1, -0.05) is 59.6 Å². The summed E-state index contributed by atoms with van der Waals surface area (Å²) in [7, 11) is 0. The molecule has 0 aliphatic carbocycles. The molecule has 0 bridgehead atoms. The van der Waals surface area contributed by atoms with Gasteiger partial charge in [0.25, 0.3) is 0 Å². The van der Waals surface area contributed by atoms with Crippen molar-refractivity contribution < 1.29 is 9.84 Å². The van der Waals surface area contributed by atoms with Crippen molar-refractivity contribution in [1.29, 1.82) is 0 Å². The number of morpholine rings is 1. The van der Waals surface area contributed by atoms with Gasteiger partial charge in [-0.2, -0.15) is 0 Å². The van der Waals surface area contributed by atoms with Gasteiger partial charge in [-0.3, -0.25) is 0 Å². The van der Waals surface area contributed by atoms with E-state index >= 15 is 0 Å². The standard InChI is InChI=1S/C18H19Cl2NO2.ClH/c19-15-7-4-8-16(20)14(15)11-18(22,13-5-2-1-3-6-13)17-12-21-9-10-23-17;/h1-8,17,21-22H,9-12H2;1H. The Hall–Kier alpha value is -0.810. The first-order valence-electron chi connectivity index (χ1n) is 7.64. The molecule has 1 fully saturated rings.